The summed E-state index contributed by atoms with van der Waals surface area (Å²) in [6.07, 6.45) is 1.65. The van der Waals surface area contributed by atoms with Crippen LogP contribution in [0.5, 0.6) is 5.75 Å². The van der Waals surface area contributed by atoms with Crippen LogP contribution >= 0.6 is 35.6 Å². The largest absolute Gasteiger partial charge is 0.497 e. The Morgan fingerprint density at radius 2 is 1.92 bits per heavy atom. The molecule has 3 rings (SSSR count). The first kappa shape index (κ1) is 18.4. The van der Waals surface area contributed by atoms with Crippen LogP contribution in [0.2, 0.25) is 5.02 Å². The number of rotatable bonds is 4. The summed E-state index contributed by atoms with van der Waals surface area (Å²) in [4.78, 5) is 25.3. The maximum atomic E-state index is 12.6. The number of amides is 2. The Labute approximate surface area is 164 Å². The van der Waals surface area contributed by atoms with E-state index in [-0.39, 0.29) is 4.32 Å². The summed E-state index contributed by atoms with van der Waals surface area (Å²) < 4.78 is 5.30. The number of carbonyl (C=O) groups is 2. The van der Waals surface area contributed by atoms with Gasteiger partial charge in [-0.05, 0) is 54.2 Å². The third-order valence-corrected chi connectivity index (χ3v) is 5.20. The normalized spacial score (nSPS) is 15.5. The van der Waals surface area contributed by atoms with Crippen LogP contribution in [0.3, 0.4) is 0 Å². The number of thiocarbonyl (C=S) groups is 1. The SMILES string of the molecule is COc1ccc(C(=O)NN2C(=O)C(=Cc3ccccc3Cl)SC2=S)cc1. The van der Waals surface area contributed by atoms with Crippen molar-refractivity contribution in [3.05, 3.63) is 69.6 Å². The molecule has 2 aromatic rings. The van der Waals surface area contributed by atoms with Gasteiger partial charge in [0.05, 0.1) is 12.0 Å². The zero-order valence-corrected chi connectivity index (χ0v) is 16.0. The molecule has 0 radical (unpaired) electrons. The lowest BCUT2D eigenvalue weighted by Gasteiger charge is -2.15. The summed E-state index contributed by atoms with van der Waals surface area (Å²) >= 11 is 12.4. The van der Waals surface area contributed by atoms with Gasteiger partial charge < -0.3 is 4.74 Å². The van der Waals surface area contributed by atoms with Crippen molar-refractivity contribution < 1.29 is 14.3 Å². The average molecular weight is 405 g/mol. The number of hydrogen-bond donors (Lipinski definition) is 1. The molecular weight excluding hydrogens is 392 g/mol. The molecule has 0 atom stereocenters. The Balaban J connectivity index is 1.76. The summed E-state index contributed by atoms with van der Waals surface area (Å²) in [6, 6.07) is 13.7. The number of methoxy groups -OCH3 is 1. The van der Waals surface area contributed by atoms with Gasteiger partial charge in [0.25, 0.3) is 11.8 Å². The third-order valence-electron chi connectivity index (χ3n) is 3.55. The first-order valence-corrected chi connectivity index (χ1v) is 9.07. The zero-order valence-electron chi connectivity index (χ0n) is 13.6. The molecule has 8 heteroatoms. The topological polar surface area (TPSA) is 58.6 Å². The van der Waals surface area contributed by atoms with Crippen molar-refractivity contribution in [2.75, 3.05) is 7.11 Å². The molecule has 0 aromatic heterocycles. The Hall–Kier alpha value is -2.35. The lowest BCUT2D eigenvalue weighted by atomic mass is 10.2. The second-order valence-corrected chi connectivity index (χ2v) is 7.29. The monoisotopic (exact) mass is 404 g/mol. The number of thioether (sulfide) groups is 1. The average Bonchev–Trinajstić information content (AvgIpc) is 2.91. The van der Waals surface area contributed by atoms with E-state index in [0.29, 0.717) is 26.8 Å². The molecule has 0 unspecified atom stereocenters. The summed E-state index contributed by atoms with van der Waals surface area (Å²) in [5.74, 6) is -0.209. The molecule has 0 saturated carbocycles. The van der Waals surface area contributed by atoms with E-state index in [0.717, 1.165) is 16.8 Å². The van der Waals surface area contributed by atoms with Crippen LogP contribution < -0.4 is 10.2 Å². The fraction of sp³-hybridized carbons (Fsp3) is 0.0556. The van der Waals surface area contributed by atoms with Gasteiger partial charge in [0.2, 0.25) is 0 Å². The predicted octanol–water partition coefficient (Wildman–Crippen LogP) is 3.89. The molecule has 0 aliphatic carbocycles. The minimum absolute atomic E-state index is 0.246. The summed E-state index contributed by atoms with van der Waals surface area (Å²) in [5, 5.41) is 1.59. The van der Waals surface area contributed by atoms with Crippen molar-refractivity contribution in [1.29, 1.82) is 0 Å². The van der Waals surface area contributed by atoms with Gasteiger partial charge in [-0.1, -0.05) is 41.6 Å². The van der Waals surface area contributed by atoms with E-state index in [9.17, 15) is 9.59 Å². The van der Waals surface area contributed by atoms with Crippen molar-refractivity contribution >= 4 is 57.8 Å². The maximum Gasteiger partial charge on any atom is 0.285 e. The van der Waals surface area contributed by atoms with Gasteiger partial charge in [-0.3, -0.25) is 15.0 Å². The van der Waals surface area contributed by atoms with Crippen LogP contribution in [-0.4, -0.2) is 28.3 Å². The molecule has 132 valence electrons. The summed E-state index contributed by atoms with van der Waals surface area (Å²) in [6.45, 7) is 0. The number of nitrogens with zero attached hydrogens (tertiary/aromatic N) is 1. The molecule has 2 amide bonds. The highest BCUT2D eigenvalue weighted by molar-refractivity contribution is 8.26. The molecule has 0 spiro atoms. The van der Waals surface area contributed by atoms with Gasteiger partial charge in [-0.25, -0.2) is 0 Å². The Kier molecular flexibility index (Phi) is 5.61. The first-order chi connectivity index (χ1) is 12.5. The van der Waals surface area contributed by atoms with Gasteiger partial charge in [-0.2, -0.15) is 5.01 Å². The van der Waals surface area contributed by atoms with Crippen molar-refractivity contribution in [1.82, 2.24) is 10.4 Å². The second kappa shape index (κ2) is 7.90. The standard InChI is InChI=1S/C18H13ClN2O3S2/c1-24-13-8-6-11(7-9-13)16(22)20-21-17(23)15(26-18(21)25)10-12-4-2-3-5-14(12)19/h2-10H,1H3,(H,20,22). The van der Waals surface area contributed by atoms with Gasteiger partial charge in [0, 0.05) is 10.6 Å². The van der Waals surface area contributed by atoms with Gasteiger partial charge in [-0.15, -0.1) is 0 Å². The number of carbonyl (C=O) groups excluding carboxylic acids is 2. The van der Waals surface area contributed by atoms with E-state index in [1.807, 2.05) is 6.07 Å². The van der Waals surface area contributed by atoms with E-state index in [4.69, 9.17) is 28.6 Å². The fourth-order valence-electron chi connectivity index (χ4n) is 2.21. The lowest BCUT2D eigenvalue weighted by molar-refractivity contribution is -0.123. The summed E-state index contributed by atoms with van der Waals surface area (Å²) in [5.41, 5.74) is 3.62. The molecule has 2 aromatic carbocycles. The van der Waals surface area contributed by atoms with E-state index < -0.39 is 11.8 Å². The number of hydrogen-bond acceptors (Lipinski definition) is 5. The predicted molar refractivity (Wildman–Crippen MR) is 107 cm³/mol. The molecule has 1 fully saturated rings. The Morgan fingerprint density at radius 1 is 1.23 bits per heavy atom. The van der Waals surface area contributed by atoms with Gasteiger partial charge in [0.15, 0.2) is 4.32 Å². The maximum absolute atomic E-state index is 12.6. The van der Waals surface area contributed by atoms with Gasteiger partial charge in [0.1, 0.15) is 5.75 Å². The zero-order chi connectivity index (χ0) is 18.7. The number of ether oxygens (including phenoxy) is 1. The van der Waals surface area contributed by atoms with Crippen molar-refractivity contribution in [3.63, 3.8) is 0 Å². The highest BCUT2D eigenvalue weighted by Gasteiger charge is 2.33. The van der Waals surface area contributed by atoms with Crippen LogP contribution in [0.4, 0.5) is 0 Å². The van der Waals surface area contributed by atoms with Crippen LogP contribution in [0.15, 0.2) is 53.4 Å². The highest BCUT2D eigenvalue weighted by Crippen LogP contribution is 2.32. The number of hydrazine groups is 1. The molecule has 1 aliphatic heterocycles. The lowest BCUT2D eigenvalue weighted by Crippen LogP contribution is -2.44. The molecular formula is C18H13ClN2O3S2. The molecule has 26 heavy (non-hydrogen) atoms. The number of nitrogens with one attached hydrogen (secondary N) is 1. The van der Waals surface area contributed by atoms with E-state index >= 15 is 0 Å². The van der Waals surface area contributed by atoms with E-state index in [2.05, 4.69) is 5.43 Å². The molecule has 1 N–H and O–H groups in total. The second-order valence-electron chi connectivity index (χ2n) is 5.21. The summed E-state index contributed by atoms with van der Waals surface area (Å²) in [7, 11) is 1.54. The first-order valence-electron chi connectivity index (χ1n) is 7.47. The van der Waals surface area contributed by atoms with Crippen molar-refractivity contribution in [2.45, 2.75) is 0 Å². The molecule has 5 nitrogen and oxygen atoms in total. The fourth-order valence-corrected chi connectivity index (χ4v) is 3.57. The number of benzene rings is 2. The van der Waals surface area contributed by atoms with E-state index in [1.54, 1.807) is 55.7 Å². The molecule has 1 heterocycles. The van der Waals surface area contributed by atoms with Crippen molar-refractivity contribution in [2.24, 2.45) is 0 Å². The molecule has 1 aliphatic rings. The molecule has 0 bridgehead atoms. The van der Waals surface area contributed by atoms with E-state index in [1.165, 1.54) is 0 Å². The third kappa shape index (κ3) is 3.90. The highest BCUT2D eigenvalue weighted by atomic mass is 35.5. The van der Waals surface area contributed by atoms with Crippen LogP contribution in [0.1, 0.15) is 15.9 Å². The van der Waals surface area contributed by atoms with Crippen LogP contribution in [-0.2, 0) is 4.79 Å². The Morgan fingerprint density at radius 3 is 2.58 bits per heavy atom. The van der Waals surface area contributed by atoms with Crippen LogP contribution in [0, 0.1) is 0 Å². The minimum Gasteiger partial charge on any atom is -0.497 e. The Bertz CT molecular complexity index is 913. The molecule has 1 saturated heterocycles. The number of halogens is 1. The van der Waals surface area contributed by atoms with Crippen molar-refractivity contribution in [3.8, 4) is 5.75 Å². The smallest absolute Gasteiger partial charge is 0.285 e. The minimum atomic E-state index is -0.442. The van der Waals surface area contributed by atoms with Gasteiger partial charge >= 0.3 is 0 Å². The van der Waals surface area contributed by atoms with Crippen LogP contribution in [0.25, 0.3) is 6.08 Å². The quantitative estimate of drug-likeness (QED) is 0.618.